The Morgan fingerprint density at radius 3 is 1.91 bits per heavy atom. The van der Waals surface area contributed by atoms with Crippen molar-refractivity contribution in [2.75, 3.05) is 25.7 Å². The Labute approximate surface area is 263 Å². The number of alkyl halides is 6. The standard InChI is InChI=1S/C24H24F6N6O.C5H10O2.CH4O/c1-3-20-7-21(13-35(20)14-37)36(22-31-8-16(9-32-22)17-10-33-34(2)12-17)11-15-4-18(23(25,26)27)6-19(5-15)24(28,29)30;1-5(2,4-6)7-3;1-2/h4-6,8-10,12,14,20-21H,3,7,11,13H2,1-2H3;4H,1-3H3;2H,1H3/t20?,21-;;/m0../s1. The summed E-state index contributed by atoms with van der Waals surface area (Å²) in [6, 6.07) is 0.978. The fraction of sp³-hybridized carbons (Fsp3) is 0.500. The van der Waals surface area contributed by atoms with E-state index in [4.69, 9.17) is 9.84 Å². The van der Waals surface area contributed by atoms with Gasteiger partial charge < -0.3 is 24.4 Å². The first kappa shape index (κ1) is 38.1. The maximum Gasteiger partial charge on any atom is 0.416 e. The van der Waals surface area contributed by atoms with Gasteiger partial charge in [-0.15, -0.1) is 0 Å². The molecule has 4 rings (SSSR count). The van der Waals surface area contributed by atoms with Gasteiger partial charge in [0.2, 0.25) is 12.4 Å². The average Bonchev–Trinajstić information content (AvgIpc) is 3.66. The summed E-state index contributed by atoms with van der Waals surface area (Å²) in [7, 11) is 4.25. The van der Waals surface area contributed by atoms with Gasteiger partial charge in [-0.25, -0.2) is 9.97 Å². The Kier molecular flexibility index (Phi) is 13.2. The van der Waals surface area contributed by atoms with Crippen molar-refractivity contribution < 1.29 is 45.8 Å². The molecule has 2 atom stereocenters. The van der Waals surface area contributed by atoms with E-state index < -0.39 is 35.1 Å². The first-order valence-corrected chi connectivity index (χ1v) is 14.0. The normalized spacial score (nSPS) is 16.6. The number of hydrogen-bond acceptors (Lipinski definition) is 8. The van der Waals surface area contributed by atoms with Crippen LogP contribution in [0.5, 0.6) is 0 Å². The van der Waals surface area contributed by atoms with Crippen LogP contribution in [0.15, 0.2) is 43.0 Å². The highest BCUT2D eigenvalue weighted by molar-refractivity contribution is 5.61. The van der Waals surface area contributed by atoms with E-state index in [-0.39, 0.29) is 36.7 Å². The molecule has 1 amide bonds. The molecule has 0 bridgehead atoms. The van der Waals surface area contributed by atoms with Crippen LogP contribution >= 0.6 is 0 Å². The van der Waals surface area contributed by atoms with Crippen molar-refractivity contribution in [1.29, 1.82) is 0 Å². The molecule has 1 aliphatic heterocycles. The number of aldehydes is 1. The van der Waals surface area contributed by atoms with E-state index in [1.165, 1.54) is 19.5 Å². The minimum Gasteiger partial charge on any atom is -0.400 e. The molecule has 10 nitrogen and oxygen atoms in total. The number of aliphatic hydroxyl groups excluding tert-OH is 1. The third-order valence-corrected chi connectivity index (χ3v) is 7.23. The molecule has 254 valence electrons. The molecule has 2 aromatic heterocycles. The largest absolute Gasteiger partial charge is 0.416 e. The lowest BCUT2D eigenvalue weighted by molar-refractivity contribution is -0.143. The van der Waals surface area contributed by atoms with Crippen molar-refractivity contribution in [3.8, 4) is 11.1 Å². The number of rotatable bonds is 9. The number of anilines is 1. The molecule has 1 aliphatic rings. The molecule has 1 unspecified atom stereocenters. The van der Waals surface area contributed by atoms with E-state index in [0.29, 0.717) is 36.9 Å². The lowest BCUT2D eigenvalue weighted by Crippen LogP contribution is -2.38. The van der Waals surface area contributed by atoms with Gasteiger partial charge >= 0.3 is 12.4 Å². The first-order chi connectivity index (χ1) is 21.5. The number of amides is 1. The zero-order valence-electron chi connectivity index (χ0n) is 26.3. The fourth-order valence-corrected chi connectivity index (χ4v) is 4.58. The maximum absolute atomic E-state index is 13.4. The van der Waals surface area contributed by atoms with E-state index in [1.807, 2.05) is 6.92 Å². The Morgan fingerprint density at radius 1 is 0.978 bits per heavy atom. The van der Waals surface area contributed by atoms with Gasteiger partial charge in [-0.2, -0.15) is 31.4 Å². The Morgan fingerprint density at radius 2 is 1.54 bits per heavy atom. The van der Waals surface area contributed by atoms with Crippen LogP contribution in [0.1, 0.15) is 50.3 Å². The number of benzene rings is 1. The number of aromatic nitrogens is 4. The minimum absolute atomic E-state index is 0.101. The molecule has 1 saturated heterocycles. The lowest BCUT2D eigenvalue weighted by Gasteiger charge is -2.29. The second kappa shape index (κ2) is 16.0. The van der Waals surface area contributed by atoms with Gasteiger partial charge in [0.1, 0.15) is 5.60 Å². The van der Waals surface area contributed by atoms with Gasteiger partial charge in [-0.3, -0.25) is 9.48 Å². The number of aryl methyl sites for hydroxylation is 1. The highest BCUT2D eigenvalue weighted by atomic mass is 19.4. The van der Waals surface area contributed by atoms with Crippen LogP contribution < -0.4 is 4.90 Å². The molecule has 0 aliphatic carbocycles. The van der Waals surface area contributed by atoms with E-state index in [9.17, 15) is 35.9 Å². The summed E-state index contributed by atoms with van der Waals surface area (Å²) in [5.74, 6) is 0.131. The predicted octanol–water partition coefficient (Wildman–Crippen LogP) is 5.15. The van der Waals surface area contributed by atoms with Crippen LogP contribution in [0.25, 0.3) is 11.1 Å². The van der Waals surface area contributed by atoms with E-state index in [1.54, 1.807) is 47.8 Å². The van der Waals surface area contributed by atoms with Gasteiger partial charge in [0.15, 0.2) is 6.29 Å². The van der Waals surface area contributed by atoms with Gasteiger partial charge in [0.25, 0.3) is 0 Å². The molecule has 1 fully saturated rings. The maximum atomic E-state index is 13.4. The molecule has 1 aromatic carbocycles. The summed E-state index contributed by atoms with van der Waals surface area (Å²) in [4.78, 5) is 33.4. The molecule has 3 heterocycles. The average molecular weight is 661 g/mol. The van der Waals surface area contributed by atoms with Crippen LogP contribution in [-0.2, 0) is 40.3 Å². The molecule has 0 spiro atoms. The van der Waals surface area contributed by atoms with Crippen molar-refractivity contribution in [3.63, 3.8) is 0 Å². The number of carbonyl (C=O) groups is 2. The SMILES string of the molecule is CCC1C[C@H](N(Cc2cc(C(F)(F)F)cc(C(F)(F)F)c2)c2ncc(-c3cnn(C)c3)cn2)CN1C=O.CO.COC(C)(C)C=O. The number of aliphatic hydroxyl groups is 1. The summed E-state index contributed by atoms with van der Waals surface area (Å²) in [5, 5.41) is 11.1. The number of likely N-dealkylation sites (tertiary alicyclic amines) is 1. The van der Waals surface area contributed by atoms with Crippen molar-refractivity contribution in [2.24, 2.45) is 7.05 Å². The monoisotopic (exact) mass is 660 g/mol. The summed E-state index contributed by atoms with van der Waals surface area (Å²) < 4.78 is 87.0. The highest BCUT2D eigenvalue weighted by Crippen LogP contribution is 2.37. The molecule has 46 heavy (non-hydrogen) atoms. The zero-order chi connectivity index (χ0) is 34.9. The fourth-order valence-electron chi connectivity index (χ4n) is 4.58. The number of hydrogen-bond donors (Lipinski definition) is 1. The van der Waals surface area contributed by atoms with E-state index >= 15 is 0 Å². The quantitative estimate of drug-likeness (QED) is 0.248. The van der Waals surface area contributed by atoms with Crippen LogP contribution in [-0.4, -0.2) is 80.9 Å². The Hall–Kier alpha value is -4.05. The van der Waals surface area contributed by atoms with Gasteiger partial charge in [0, 0.05) is 70.1 Å². The first-order valence-electron chi connectivity index (χ1n) is 14.0. The molecule has 16 heteroatoms. The number of carbonyl (C=O) groups excluding carboxylic acids is 2. The smallest absolute Gasteiger partial charge is 0.400 e. The number of methoxy groups -OCH3 is 1. The van der Waals surface area contributed by atoms with Crippen LogP contribution in [0, 0.1) is 0 Å². The Bertz CT molecular complexity index is 1380. The molecule has 1 N–H and O–H groups in total. The van der Waals surface area contributed by atoms with Crippen molar-refractivity contribution in [2.45, 2.75) is 70.2 Å². The zero-order valence-corrected chi connectivity index (χ0v) is 26.3. The second-order valence-electron chi connectivity index (χ2n) is 10.9. The highest BCUT2D eigenvalue weighted by Gasteiger charge is 2.38. The molecule has 0 radical (unpaired) electrons. The number of ether oxygens (including phenoxy) is 1. The summed E-state index contributed by atoms with van der Waals surface area (Å²) in [6.07, 6.45) is -0.940. The minimum atomic E-state index is -4.96. The Balaban J connectivity index is 0.000000724. The molecular weight excluding hydrogens is 622 g/mol. The van der Waals surface area contributed by atoms with E-state index in [0.717, 1.165) is 19.0 Å². The predicted molar refractivity (Wildman–Crippen MR) is 157 cm³/mol. The van der Waals surface area contributed by atoms with Gasteiger partial charge in [-0.05, 0) is 50.5 Å². The van der Waals surface area contributed by atoms with Crippen LogP contribution in [0.2, 0.25) is 0 Å². The number of nitrogens with zero attached hydrogens (tertiary/aromatic N) is 6. The second-order valence-corrected chi connectivity index (χ2v) is 10.9. The summed E-state index contributed by atoms with van der Waals surface area (Å²) in [5.41, 5.74) is -2.19. The third kappa shape index (κ3) is 10.2. The molecular formula is C30H38F6N6O4. The molecule has 3 aromatic rings. The summed E-state index contributed by atoms with van der Waals surface area (Å²) in [6.45, 7) is 5.24. The van der Waals surface area contributed by atoms with Crippen molar-refractivity contribution >= 4 is 18.6 Å². The van der Waals surface area contributed by atoms with Gasteiger partial charge in [0.05, 0.1) is 23.4 Å². The third-order valence-electron chi connectivity index (χ3n) is 7.23. The summed E-state index contributed by atoms with van der Waals surface area (Å²) >= 11 is 0. The van der Waals surface area contributed by atoms with Crippen molar-refractivity contribution in [3.05, 3.63) is 59.7 Å². The van der Waals surface area contributed by atoms with Crippen molar-refractivity contribution in [1.82, 2.24) is 24.6 Å². The lowest BCUT2D eigenvalue weighted by atomic mass is 10.0. The van der Waals surface area contributed by atoms with E-state index in [2.05, 4.69) is 15.1 Å². The topological polar surface area (TPSA) is 114 Å². The van der Waals surface area contributed by atoms with Crippen LogP contribution in [0.3, 0.4) is 0 Å². The van der Waals surface area contributed by atoms with Gasteiger partial charge in [-0.1, -0.05) is 6.92 Å². The molecule has 0 saturated carbocycles. The van der Waals surface area contributed by atoms with Crippen LogP contribution in [0.4, 0.5) is 32.3 Å². The number of halogens is 6.